The second-order valence-electron chi connectivity index (χ2n) is 5.50. The highest BCUT2D eigenvalue weighted by Crippen LogP contribution is 2.24. The molecule has 1 amide bonds. The van der Waals surface area contributed by atoms with Crippen molar-refractivity contribution in [3.63, 3.8) is 0 Å². The van der Waals surface area contributed by atoms with Gasteiger partial charge in [0.15, 0.2) is 0 Å². The van der Waals surface area contributed by atoms with E-state index in [-0.39, 0.29) is 29.5 Å². The van der Waals surface area contributed by atoms with Gasteiger partial charge in [-0.15, -0.1) is 0 Å². The zero-order valence-electron chi connectivity index (χ0n) is 12.4. The van der Waals surface area contributed by atoms with E-state index in [1.54, 1.807) is 0 Å². The van der Waals surface area contributed by atoms with Gasteiger partial charge in [0, 0.05) is 0 Å². The number of hydrogen-bond acceptors (Lipinski definition) is 6. The molecule has 9 heteroatoms. The van der Waals surface area contributed by atoms with Gasteiger partial charge in [0.05, 0.1) is 12.0 Å². The molecule has 0 bridgehead atoms. The Labute approximate surface area is 133 Å². The van der Waals surface area contributed by atoms with E-state index in [2.05, 4.69) is 10.6 Å². The summed E-state index contributed by atoms with van der Waals surface area (Å²) in [7, 11) is -1.84. The van der Waals surface area contributed by atoms with Crippen LogP contribution < -0.4 is 10.6 Å². The summed E-state index contributed by atoms with van der Waals surface area (Å²) >= 11 is 0. The molecule has 0 aliphatic carbocycles. The van der Waals surface area contributed by atoms with Crippen molar-refractivity contribution < 1.29 is 29.9 Å². The van der Waals surface area contributed by atoms with Gasteiger partial charge in [-0.05, 0) is 37.4 Å². The van der Waals surface area contributed by atoms with Crippen LogP contribution in [0.1, 0.15) is 28.8 Å². The van der Waals surface area contributed by atoms with Gasteiger partial charge < -0.3 is 30.9 Å². The third-order valence-electron chi connectivity index (χ3n) is 3.85. The molecule has 1 aliphatic heterocycles. The molecule has 0 saturated carbocycles. The van der Waals surface area contributed by atoms with Crippen LogP contribution in [0.25, 0.3) is 0 Å². The SMILES string of the molecule is O=C(O)c1cccc(CC(NC(=O)C2CCCN2)B(O)O)c1O. The van der Waals surface area contributed by atoms with E-state index in [0.29, 0.717) is 6.42 Å². The summed E-state index contributed by atoms with van der Waals surface area (Å²) in [6, 6.07) is 3.78. The Bertz CT molecular complexity index is 589. The lowest BCUT2D eigenvalue weighted by Gasteiger charge is -2.21. The third-order valence-corrected chi connectivity index (χ3v) is 3.85. The Morgan fingerprint density at radius 1 is 1.39 bits per heavy atom. The Morgan fingerprint density at radius 2 is 2.13 bits per heavy atom. The molecular formula is C14H19BN2O6. The number of carbonyl (C=O) groups excluding carboxylic acids is 1. The average molecular weight is 322 g/mol. The number of rotatable bonds is 6. The van der Waals surface area contributed by atoms with E-state index in [0.717, 1.165) is 13.0 Å². The van der Waals surface area contributed by atoms with Crippen molar-refractivity contribution in [1.29, 1.82) is 0 Å². The fourth-order valence-electron chi connectivity index (χ4n) is 2.59. The molecule has 1 fully saturated rings. The predicted molar refractivity (Wildman–Crippen MR) is 81.9 cm³/mol. The van der Waals surface area contributed by atoms with Gasteiger partial charge in [-0.2, -0.15) is 0 Å². The van der Waals surface area contributed by atoms with Crippen molar-refractivity contribution in [1.82, 2.24) is 10.6 Å². The molecule has 6 N–H and O–H groups in total. The van der Waals surface area contributed by atoms with Crippen molar-refractivity contribution in [2.24, 2.45) is 0 Å². The number of amides is 1. The van der Waals surface area contributed by atoms with Crippen LogP contribution in [0.4, 0.5) is 0 Å². The number of hydrogen-bond donors (Lipinski definition) is 6. The number of benzene rings is 1. The van der Waals surface area contributed by atoms with Crippen molar-refractivity contribution in [2.75, 3.05) is 6.54 Å². The molecule has 1 aliphatic rings. The number of carbonyl (C=O) groups is 2. The Hall–Kier alpha value is -2.10. The first-order valence-electron chi connectivity index (χ1n) is 7.34. The fraction of sp³-hybridized carbons (Fsp3) is 0.429. The average Bonchev–Trinajstić information content (AvgIpc) is 3.02. The standard InChI is InChI=1S/C14H19BN2O6/c18-12-8(3-1-4-9(12)14(20)21)7-11(15(22)23)17-13(19)10-5-2-6-16-10/h1,3-4,10-11,16,18,22-23H,2,5-7H2,(H,17,19)(H,20,21). The lowest BCUT2D eigenvalue weighted by atomic mass is 9.75. The second-order valence-corrected chi connectivity index (χ2v) is 5.50. The predicted octanol–water partition coefficient (Wildman–Crippen LogP) is -1.12. The Balaban J connectivity index is 2.12. The molecule has 0 aromatic heterocycles. The molecule has 8 nitrogen and oxygen atoms in total. The molecule has 1 aromatic carbocycles. The van der Waals surface area contributed by atoms with Crippen LogP contribution in [0.5, 0.6) is 5.75 Å². The summed E-state index contributed by atoms with van der Waals surface area (Å²) in [5, 5.41) is 43.4. The summed E-state index contributed by atoms with van der Waals surface area (Å²) in [4.78, 5) is 23.1. The Kier molecular flexibility index (Phi) is 5.59. The molecule has 124 valence electrons. The topological polar surface area (TPSA) is 139 Å². The minimum atomic E-state index is -1.84. The number of carboxylic acid groups (broad SMARTS) is 1. The molecule has 23 heavy (non-hydrogen) atoms. The molecule has 0 spiro atoms. The highest BCUT2D eigenvalue weighted by Gasteiger charge is 2.30. The number of aromatic carboxylic acids is 1. The number of para-hydroxylation sites is 1. The summed E-state index contributed by atoms with van der Waals surface area (Å²) in [6.45, 7) is 0.728. The zero-order valence-corrected chi connectivity index (χ0v) is 12.4. The lowest BCUT2D eigenvalue weighted by Crippen LogP contribution is -2.52. The van der Waals surface area contributed by atoms with Crippen LogP contribution in [0.3, 0.4) is 0 Å². The molecule has 0 radical (unpaired) electrons. The normalized spacial score (nSPS) is 18.4. The number of carboxylic acids is 1. The molecule has 1 aromatic rings. The molecule has 2 unspecified atom stereocenters. The summed E-state index contributed by atoms with van der Waals surface area (Å²) in [5.41, 5.74) is -0.0693. The first kappa shape index (κ1) is 17.3. The first-order valence-corrected chi connectivity index (χ1v) is 7.34. The van der Waals surface area contributed by atoms with Gasteiger partial charge in [0.25, 0.3) is 0 Å². The van der Waals surface area contributed by atoms with Gasteiger partial charge in [-0.25, -0.2) is 4.79 Å². The van der Waals surface area contributed by atoms with Crippen molar-refractivity contribution in [3.05, 3.63) is 29.3 Å². The molecular weight excluding hydrogens is 303 g/mol. The largest absolute Gasteiger partial charge is 0.507 e. The highest BCUT2D eigenvalue weighted by atomic mass is 16.4. The summed E-state index contributed by atoms with van der Waals surface area (Å²) in [5.74, 6) is -3.14. The number of nitrogens with one attached hydrogen (secondary N) is 2. The van der Waals surface area contributed by atoms with Crippen LogP contribution in [0, 0.1) is 0 Å². The highest BCUT2D eigenvalue weighted by molar-refractivity contribution is 6.43. The van der Waals surface area contributed by atoms with Gasteiger partial charge in [-0.1, -0.05) is 12.1 Å². The van der Waals surface area contributed by atoms with Crippen LogP contribution in [-0.4, -0.2) is 57.8 Å². The third kappa shape index (κ3) is 4.22. The minimum absolute atomic E-state index is 0.108. The van der Waals surface area contributed by atoms with Gasteiger partial charge in [-0.3, -0.25) is 4.79 Å². The smallest absolute Gasteiger partial charge is 0.475 e. The van der Waals surface area contributed by atoms with E-state index >= 15 is 0 Å². The van der Waals surface area contributed by atoms with Gasteiger partial charge >= 0.3 is 13.1 Å². The molecule has 2 rings (SSSR count). The van der Waals surface area contributed by atoms with E-state index in [1.165, 1.54) is 18.2 Å². The van der Waals surface area contributed by atoms with E-state index in [9.17, 15) is 24.7 Å². The maximum atomic E-state index is 12.1. The zero-order chi connectivity index (χ0) is 17.0. The van der Waals surface area contributed by atoms with Gasteiger partial charge in [0.1, 0.15) is 11.3 Å². The van der Waals surface area contributed by atoms with Crippen LogP contribution in [-0.2, 0) is 11.2 Å². The van der Waals surface area contributed by atoms with Crippen LogP contribution in [0.2, 0.25) is 0 Å². The number of aromatic hydroxyl groups is 1. The van der Waals surface area contributed by atoms with Crippen molar-refractivity contribution in [2.45, 2.75) is 31.2 Å². The molecule has 1 heterocycles. The van der Waals surface area contributed by atoms with Crippen molar-refractivity contribution in [3.8, 4) is 5.75 Å². The second kappa shape index (κ2) is 7.45. The first-order chi connectivity index (χ1) is 10.9. The lowest BCUT2D eigenvalue weighted by molar-refractivity contribution is -0.123. The summed E-state index contributed by atoms with van der Waals surface area (Å²) < 4.78 is 0. The van der Waals surface area contributed by atoms with E-state index < -0.39 is 24.8 Å². The minimum Gasteiger partial charge on any atom is -0.507 e. The summed E-state index contributed by atoms with van der Waals surface area (Å²) in [6.07, 6.45) is 1.43. The monoisotopic (exact) mass is 322 g/mol. The van der Waals surface area contributed by atoms with Gasteiger partial charge in [0.2, 0.25) is 5.91 Å². The maximum Gasteiger partial charge on any atom is 0.475 e. The van der Waals surface area contributed by atoms with Crippen LogP contribution >= 0.6 is 0 Å². The quantitative estimate of drug-likeness (QED) is 0.365. The van der Waals surface area contributed by atoms with Crippen molar-refractivity contribution >= 4 is 19.0 Å². The Morgan fingerprint density at radius 3 is 2.70 bits per heavy atom. The molecule has 1 saturated heterocycles. The van der Waals surface area contributed by atoms with Crippen LogP contribution in [0.15, 0.2) is 18.2 Å². The van der Waals surface area contributed by atoms with E-state index in [4.69, 9.17) is 5.11 Å². The number of phenols is 1. The fourth-order valence-corrected chi connectivity index (χ4v) is 2.59. The molecule has 2 atom stereocenters. The maximum absolute atomic E-state index is 12.1. The van der Waals surface area contributed by atoms with E-state index in [1.807, 2.05) is 0 Å².